The van der Waals surface area contributed by atoms with Crippen molar-refractivity contribution < 1.29 is 13.2 Å². The van der Waals surface area contributed by atoms with Crippen molar-refractivity contribution in [1.29, 1.82) is 0 Å². The van der Waals surface area contributed by atoms with Crippen molar-refractivity contribution in [2.75, 3.05) is 0 Å². The van der Waals surface area contributed by atoms with Crippen molar-refractivity contribution in [2.45, 2.75) is 12.6 Å². The lowest BCUT2D eigenvalue weighted by Gasteiger charge is -2.07. The Morgan fingerprint density at radius 1 is 1.14 bits per heavy atom. The van der Waals surface area contributed by atoms with Gasteiger partial charge in [0.1, 0.15) is 0 Å². The molecule has 0 aliphatic rings. The highest BCUT2D eigenvalue weighted by Crippen LogP contribution is 2.30. The van der Waals surface area contributed by atoms with Gasteiger partial charge in [-0.2, -0.15) is 13.2 Å². The van der Waals surface area contributed by atoms with E-state index in [1.165, 1.54) is 12.1 Å². The summed E-state index contributed by atoms with van der Waals surface area (Å²) in [5.74, 6) is 0. The lowest BCUT2D eigenvalue weighted by molar-refractivity contribution is -0.137. The predicted octanol–water partition coefficient (Wildman–Crippen LogP) is 4.71. The monoisotopic (exact) mass is 354 g/mol. The summed E-state index contributed by atoms with van der Waals surface area (Å²) in [7, 11) is 0. The van der Waals surface area contributed by atoms with Gasteiger partial charge in [0.2, 0.25) is 0 Å². The standard InChI is InChI=1S/C15H10BrF3N2/c16-13-5-2-6-21-9-12(20-14(13)21)8-10-3-1-4-11(7-10)15(17,18)19/h1-7,9H,8H2. The molecule has 0 spiro atoms. The Bertz CT molecular complexity index is 793. The molecule has 0 fully saturated rings. The number of nitrogens with zero attached hydrogens (tertiary/aromatic N) is 2. The molecule has 0 amide bonds. The number of halogens is 4. The normalized spacial score (nSPS) is 12.0. The van der Waals surface area contributed by atoms with Crippen molar-refractivity contribution in [3.8, 4) is 0 Å². The minimum atomic E-state index is -4.32. The molecule has 2 nitrogen and oxygen atoms in total. The fourth-order valence-electron chi connectivity index (χ4n) is 2.18. The first-order valence-electron chi connectivity index (χ1n) is 6.22. The van der Waals surface area contributed by atoms with E-state index in [4.69, 9.17) is 0 Å². The van der Waals surface area contributed by atoms with E-state index in [9.17, 15) is 13.2 Å². The molecule has 0 bridgehead atoms. The van der Waals surface area contributed by atoms with Crippen LogP contribution in [0.4, 0.5) is 13.2 Å². The highest BCUT2D eigenvalue weighted by atomic mass is 79.9. The van der Waals surface area contributed by atoms with Crippen LogP contribution in [0.15, 0.2) is 53.3 Å². The third-order valence-electron chi connectivity index (χ3n) is 3.12. The maximum absolute atomic E-state index is 12.7. The van der Waals surface area contributed by atoms with E-state index in [-0.39, 0.29) is 0 Å². The van der Waals surface area contributed by atoms with E-state index in [1.54, 1.807) is 6.07 Å². The summed E-state index contributed by atoms with van der Waals surface area (Å²) in [5, 5.41) is 0. The number of hydrogen-bond donors (Lipinski definition) is 0. The molecule has 0 unspecified atom stereocenters. The number of pyridine rings is 1. The first-order chi connectivity index (χ1) is 9.93. The Labute approximate surface area is 127 Å². The van der Waals surface area contributed by atoms with Gasteiger partial charge in [-0.25, -0.2) is 4.98 Å². The summed E-state index contributed by atoms with van der Waals surface area (Å²) in [5.41, 5.74) is 1.43. The molecule has 0 aliphatic heterocycles. The van der Waals surface area contributed by atoms with Crippen LogP contribution < -0.4 is 0 Å². The molecule has 3 rings (SSSR count). The summed E-state index contributed by atoms with van der Waals surface area (Å²) in [6, 6.07) is 9.07. The fraction of sp³-hybridized carbons (Fsp3) is 0.133. The highest BCUT2D eigenvalue weighted by molar-refractivity contribution is 9.10. The third-order valence-corrected chi connectivity index (χ3v) is 3.74. The summed E-state index contributed by atoms with van der Waals surface area (Å²) in [6.07, 6.45) is -0.293. The van der Waals surface area contributed by atoms with Gasteiger partial charge < -0.3 is 4.40 Å². The summed E-state index contributed by atoms with van der Waals surface area (Å²) in [4.78, 5) is 4.43. The molecule has 1 aromatic carbocycles. The quantitative estimate of drug-likeness (QED) is 0.651. The van der Waals surface area contributed by atoms with Crippen LogP contribution in [0.1, 0.15) is 16.8 Å². The van der Waals surface area contributed by atoms with Crippen molar-refractivity contribution in [1.82, 2.24) is 9.38 Å². The second-order valence-electron chi connectivity index (χ2n) is 4.69. The molecule has 21 heavy (non-hydrogen) atoms. The van der Waals surface area contributed by atoms with Crippen LogP contribution in [0, 0.1) is 0 Å². The topological polar surface area (TPSA) is 17.3 Å². The van der Waals surface area contributed by atoms with Crippen LogP contribution in [0.25, 0.3) is 5.65 Å². The molecule has 0 atom stereocenters. The van der Waals surface area contributed by atoms with Gasteiger partial charge in [-0.1, -0.05) is 18.2 Å². The van der Waals surface area contributed by atoms with Gasteiger partial charge in [0.15, 0.2) is 5.65 Å². The Hall–Kier alpha value is -1.82. The van der Waals surface area contributed by atoms with Gasteiger partial charge in [0, 0.05) is 18.8 Å². The van der Waals surface area contributed by atoms with Crippen molar-refractivity contribution in [3.63, 3.8) is 0 Å². The molecule has 2 heterocycles. The van der Waals surface area contributed by atoms with Crippen LogP contribution >= 0.6 is 15.9 Å². The zero-order chi connectivity index (χ0) is 15.0. The predicted molar refractivity (Wildman–Crippen MR) is 77.1 cm³/mol. The Balaban J connectivity index is 1.93. The van der Waals surface area contributed by atoms with E-state index >= 15 is 0 Å². The highest BCUT2D eigenvalue weighted by Gasteiger charge is 2.30. The molecule has 6 heteroatoms. The van der Waals surface area contributed by atoms with Gasteiger partial charge in [-0.3, -0.25) is 0 Å². The zero-order valence-corrected chi connectivity index (χ0v) is 12.3. The van der Waals surface area contributed by atoms with Crippen LogP contribution in [-0.4, -0.2) is 9.38 Å². The van der Waals surface area contributed by atoms with Gasteiger partial charge in [0.05, 0.1) is 15.7 Å². The van der Waals surface area contributed by atoms with Crippen LogP contribution in [0.3, 0.4) is 0 Å². The number of fused-ring (bicyclic) bond motifs is 1. The Morgan fingerprint density at radius 2 is 1.95 bits per heavy atom. The molecule has 0 aliphatic carbocycles. The average Bonchev–Trinajstić information content (AvgIpc) is 2.82. The maximum Gasteiger partial charge on any atom is 0.416 e. The Kier molecular flexibility index (Phi) is 3.49. The van der Waals surface area contributed by atoms with Crippen molar-refractivity contribution >= 4 is 21.6 Å². The number of benzene rings is 1. The average molecular weight is 355 g/mol. The lowest BCUT2D eigenvalue weighted by atomic mass is 10.1. The first kappa shape index (κ1) is 14.1. The smallest absolute Gasteiger partial charge is 0.306 e. The van der Waals surface area contributed by atoms with Crippen molar-refractivity contribution in [2.24, 2.45) is 0 Å². The minimum absolute atomic E-state index is 0.359. The van der Waals surface area contributed by atoms with Gasteiger partial charge in [-0.05, 0) is 39.7 Å². The van der Waals surface area contributed by atoms with Crippen molar-refractivity contribution in [3.05, 3.63) is 70.1 Å². The molecule has 3 aromatic rings. The Morgan fingerprint density at radius 3 is 2.67 bits per heavy atom. The summed E-state index contributed by atoms with van der Waals surface area (Å²) >= 11 is 3.40. The number of imidazole rings is 1. The van der Waals surface area contributed by atoms with E-state index in [1.807, 2.05) is 28.9 Å². The molecule has 0 N–H and O–H groups in total. The van der Waals surface area contributed by atoms with Gasteiger partial charge in [0.25, 0.3) is 0 Å². The lowest BCUT2D eigenvalue weighted by Crippen LogP contribution is -2.05. The largest absolute Gasteiger partial charge is 0.416 e. The van der Waals surface area contributed by atoms with E-state index in [0.29, 0.717) is 12.0 Å². The molecule has 0 saturated carbocycles. The number of rotatable bonds is 2. The third kappa shape index (κ3) is 2.95. The summed E-state index contributed by atoms with van der Waals surface area (Å²) in [6.45, 7) is 0. The molecule has 0 radical (unpaired) electrons. The molecule has 0 saturated heterocycles. The zero-order valence-electron chi connectivity index (χ0n) is 10.7. The second-order valence-corrected chi connectivity index (χ2v) is 5.55. The minimum Gasteiger partial charge on any atom is -0.306 e. The van der Waals surface area contributed by atoms with Crippen LogP contribution in [-0.2, 0) is 12.6 Å². The van der Waals surface area contributed by atoms with Crippen LogP contribution in [0.5, 0.6) is 0 Å². The second kappa shape index (κ2) is 5.18. The van der Waals surface area contributed by atoms with Crippen LogP contribution in [0.2, 0.25) is 0 Å². The van der Waals surface area contributed by atoms with E-state index < -0.39 is 11.7 Å². The fourth-order valence-corrected chi connectivity index (χ4v) is 2.63. The van der Waals surface area contributed by atoms with Gasteiger partial charge in [-0.15, -0.1) is 0 Å². The summed E-state index contributed by atoms with van der Waals surface area (Å²) < 4.78 is 40.8. The number of hydrogen-bond acceptors (Lipinski definition) is 1. The van der Waals surface area contributed by atoms with Gasteiger partial charge >= 0.3 is 6.18 Å². The van der Waals surface area contributed by atoms with E-state index in [2.05, 4.69) is 20.9 Å². The number of aromatic nitrogens is 2. The molecule has 2 aromatic heterocycles. The SMILES string of the molecule is FC(F)(F)c1cccc(Cc2cn3cccc(Br)c3n2)c1. The van der Waals surface area contributed by atoms with E-state index in [0.717, 1.165) is 21.9 Å². The molecular weight excluding hydrogens is 345 g/mol. The maximum atomic E-state index is 12.7. The molecular formula is C15H10BrF3N2. The first-order valence-corrected chi connectivity index (χ1v) is 7.01. The molecule has 108 valence electrons. The number of alkyl halides is 3.